The molecule has 0 bridgehead atoms. The van der Waals surface area contributed by atoms with Crippen LogP contribution in [-0.2, 0) is 6.54 Å². The lowest BCUT2D eigenvalue weighted by Crippen LogP contribution is -2.03. The monoisotopic (exact) mass is 257 g/mol. The second-order valence-corrected chi connectivity index (χ2v) is 4.06. The van der Waals surface area contributed by atoms with Gasteiger partial charge in [-0.05, 0) is 29.8 Å². The number of carbonyl (C=O) groups is 1. The lowest BCUT2D eigenvalue weighted by molar-refractivity contribution is 0.0697. The summed E-state index contributed by atoms with van der Waals surface area (Å²) in [6.07, 6.45) is 0. The van der Waals surface area contributed by atoms with Crippen LogP contribution < -0.4 is 10.1 Å². The van der Waals surface area contributed by atoms with Crippen molar-refractivity contribution in [2.24, 2.45) is 0 Å². The van der Waals surface area contributed by atoms with Crippen LogP contribution in [-0.4, -0.2) is 18.2 Å². The summed E-state index contributed by atoms with van der Waals surface area (Å²) in [6.45, 7) is 0.543. The van der Waals surface area contributed by atoms with Gasteiger partial charge in [0.1, 0.15) is 5.75 Å². The molecule has 19 heavy (non-hydrogen) atoms. The Morgan fingerprint density at radius 2 is 2.00 bits per heavy atom. The van der Waals surface area contributed by atoms with Crippen LogP contribution in [0.15, 0.2) is 48.5 Å². The highest BCUT2D eigenvalue weighted by molar-refractivity contribution is 5.87. The predicted octanol–water partition coefficient (Wildman–Crippen LogP) is 3.01. The Hall–Kier alpha value is -2.49. The van der Waals surface area contributed by atoms with E-state index in [-0.39, 0.29) is 0 Å². The maximum absolute atomic E-state index is 10.9. The van der Waals surface area contributed by atoms with Crippen LogP contribution >= 0.6 is 0 Å². The molecule has 0 fully saturated rings. The van der Waals surface area contributed by atoms with Crippen molar-refractivity contribution in [3.8, 4) is 5.75 Å². The van der Waals surface area contributed by atoms with E-state index in [0.29, 0.717) is 12.1 Å². The Labute approximate surface area is 111 Å². The number of nitrogens with one attached hydrogen (secondary N) is 1. The van der Waals surface area contributed by atoms with E-state index in [2.05, 4.69) is 5.32 Å². The minimum atomic E-state index is -0.917. The molecule has 0 atom stereocenters. The number of benzene rings is 2. The summed E-state index contributed by atoms with van der Waals surface area (Å²) < 4.78 is 5.24. The average Bonchev–Trinajstić information content (AvgIpc) is 2.45. The van der Waals surface area contributed by atoms with Gasteiger partial charge in [-0.3, -0.25) is 0 Å². The molecule has 0 unspecified atom stereocenters. The lowest BCUT2D eigenvalue weighted by atomic mass is 10.1. The largest absolute Gasteiger partial charge is 0.495 e. The summed E-state index contributed by atoms with van der Waals surface area (Å²) in [5, 5.41) is 12.2. The van der Waals surface area contributed by atoms with Crippen molar-refractivity contribution in [1.29, 1.82) is 0 Å². The molecule has 0 heterocycles. The van der Waals surface area contributed by atoms with Crippen molar-refractivity contribution < 1.29 is 14.6 Å². The van der Waals surface area contributed by atoms with Gasteiger partial charge in [0.15, 0.2) is 0 Å². The molecule has 0 aliphatic rings. The van der Waals surface area contributed by atoms with Crippen molar-refractivity contribution in [3.05, 3.63) is 59.7 Å². The number of hydrogen-bond acceptors (Lipinski definition) is 3. The molecule has 0 saturated heterocycles. The number of para-hydroxylation sites is 2. The number of rotatable bonds is 5. The van der Waals surface area contributed by atoms with Crippen LogP contribution in [0.3, 0.4) is 0 Å². The molecule has 0 saturated carbocycles. The zero-order valence-corrected chi connectivity index (χ0v) is 10.6. The van der Waals surface area contributed by atoms with E-state index in [1.54, 1.807) is 25.3 Å². The van der Waals surface area contributed by atoms with Crippen LogP contribution in [0.2, 0.25) is 0 Å². The van der Waals surface area contributed by atoms with Gasteiger partial charge >= 0.3 is 5.97 Å². The molecule has 0 aliphatic heterocycles. The molecule has 98 valence electrons. The van der Waals surface area contributed by atoms with Gasteiger partial charge in [-0.15, -0.1) is 0 Å². The van der Waals surface area contributed by atoms with E-state index >= 15 is 0 Å². The Morgan fingerprint density at radius 1 is 1.21 bits per heavy atom. The predicted molar refractivity (Wildman–Crippen MR) is 73.7 cm³/mol. The van der Waals surface area contributed by atoms with Gasteiger partial charge in [-0.25, -0.2) is 4.79 Å². The number of methoxy groups -OCH3 is 1. The normalized spacial score (nSPS) is 9.95. The van der Waals surface area contributed by atoms with Crippen molar-refractivity contribution in [2.45, 2.75) is 6.54 Å². The Bertz CT molecular complexity index is 581. The highest BCUT2D eigenvalue weighted by Gasteiger charge is 2.04. The van der Waals surface area contributed by atoms with Crippen LogP contribution in [0.1, 0.15) is 15.9 Å². The highest BCUT2D eigenvalue weighted by Crippen LogP contribution is 2.23. The minimum absolute atomic E-state index is 0.291. The summed E-state index contributed by atoms with van der Waals surface area (Å²) in [5.74, 6) is -0.156. The molecule has 2 rings (SSSR count). The number of carboxylic acids is 1. The summed E-state index contributed by atoms with van der Waals surface area (Å²) in [6, 6.07) is 14.5. The SMILES string of the molecule is COc1ccccc1NCc1cccc(C(=O)O)c1. The third-order valence-corrected chi connectivity index (χ3v) is 2.76. The van der Waals surface area contributed by atoms with E-state index in [1.807, 2.05) is 30.3 Å². The van der Waals surface area contributed by atoms with Crippen molar-refractivity contribution >= 4 is 11.7 Å². The third-order valence-electron chi connectivity index (χ3n) is 2.76. The molecule has 0 amide bonds. The van der Waals surface area contributed by atoms with Gasteiger partial charge in [0.2, 0.25) is 0 Å². The highest BCUT2D eigenvalue weighted by atomic mass is 16.5. The second kappa shape index (κ2) is 5.91. The molecule has 4 heteroatoms. The van der Waals surface area contributed by atoms with Crippen molar-refractivity contribution in [2.75, 3.05) is 12.4 Å². The zero-order valence-electron chi connectivity index (χ0n) is 10.6. The molecule has 0 aromatic heterocycles. The van der Waals surface area contributed by atoms with E-state index in [1.165, 1.54) is 0 Å². The van der Waals surface area contributed by atoms with Gasteiger partial charge in [0.25, 0.3) is 0 Å². The van der Waals surface area contributed by atoms with Crippen LogP contribution in [0.4, 0.5) is 5.69 Å². The standard InChI is InChI=1S/C15H15NO3/c1-19-14-8-3-2-7-13(14)16-10-11-5-4-6-12(9-11)15(17)18/h2-9,16H,10H2,1H3,(H,17,18). The number of ether oxygens (including phenoxy) is 1. The van der Waals surface area contributed by atoms with Gasteiger partial charge < -0.3 is 15.2 Å². The summed E-state index contributed by atoms with van der Waals surface area (Å²) >= 11 is 0. The number of anilines is 1. The van der Waals surface area contributed by atoms with E-state index < -0.39 is 5.97 Å². The zero-order chi connectivity index (χ0) is 13.7. The smallest absolute Gasteiger partial charge is 0.335 e. The molecular formula is C15H15NO3. The fourth-order valence-corrected chi connectivity index (χ4v) is 1.80. The van der Waals surface area contributed by atoms with E-state index in [0.717, 1.165) is 17.0 Å². The first-order valence-electron chi connectivity index (χ1n) is 5.90. The summed E-state index contributed by atoms with van der Waals surface area (Å²) in [5.41, 5.74) is 2.08. The first-order valence-corrected chi connectivity index (χ1v) is 5.90. The van der Waals surface area contributed by atoms with E-state index in [9.17, 15) is 4.79 Å². The Morgan fingerprint density at radius 3 is 2.74 bits per heavy atom. The average molecular weight is 257 g/mol. The Balaban J connectivity index is 2.10. The number of carboxylic acid groups (broad SMARTS) is 1. The topological polar surface area (TPSA) is 58.6 Å². The van der Waals surface area contributed by atoms with E-state index in [4.69, 9.17) is 9.84 Å². The first kappa shape index (κ1) is 13.0. The van der Waals surface area contributed by atoms with Gasteiger partial charge in [0.05, 0.1) is 18.4 Å². The molecule has 4 nitrogen and oxygen atoms in total. The molecule has 2 aromatic rings. The summed E-state index contributed by atoms with van der Waals surface area (Å²) in [7, 11) is 1.62. The third kappa shape index (κ3) is 3.25. The van der Waals surface area contributed by atoms with Crippen molar-refractivity contribution in [3.63, 3.8) is 0 Å². The van der Waals surface area contributed by atoms with Gasteiger partial charge in [0, 0.05) is 6.54 Å². The molecule has 0 spiro atoms. The molecule has 2 aromatic carbocycles. The summed E-state index contributed by atoms with van der Waals surface area (Å²) in [4.78, 5) is 10.9. The quantitative estimate of drug-likeness (QED) is 0.864. The van der Waals surface area contributed by atoms with Crippen LogP contribution in [0.25, 0.3) is 0 Å². The van der Waals surface area contributed by atoms with Gasteiger partial charge in [-0.2, -0.15) is 0 Å². The van der Waals surface area contributed by atoms with Gasteiger partial charge in [-0.1, -0.05) is 24.3 Å². The second-order valence-electron chi connectivity index (χ2n) is 4.06. The fourth-order valence-electron chi connectivity index (χ4n) is 1.80. The Kier molecular flexibility index (Phi) is 4.03. The number of aromatic carboxylic acids is 1. The number of hydrogen-bond donors (Lipinski definition) is 2. The maximum Gasteiger partial charge on any atom is 0.335 e. The molecule has 2 N–H and O–H groups in total. The lowest BCUT2D eigenvalue weighted by Gasteiger charge is -2.11. The molecule has 0 radical (unpaired) electrons. The van der Waals surface area contributed by atoms with Crippen LogP contribution in [0, 0.1) is 0 Å². The molecular weight excluding hydrogens is 242 g/mol. The minimum Gasteiger partial charge on any atom is -0.495 e. The molecule has 0 aliphatic carbocycles. The van der Waals surface area contributed by atoms with Crippen molar-refractivity contribution in [1.82, 2.24) is 0 Å². The fraction of sp³-hybridized carbons (Fsp3) is 0.133. The maximum atomic E-state index is 10.9. The first-order chi connectivity index (χ1) is 9.20. The van der Waals surface area contributed by atoms with Crippen LogP contribution in [0.5, 0.6) is 5.75 Å².